The molecular weight excluding hydrogens is 655 g/mol. The van der Waals surface area contributed by atoms with Gasteiger partial charge in [0.05, 0.1) is 31.6 Å². The van der Waals surface area contributed by atoms with Gasteiger partial charge in [0, 0.05) is 12.3 Å². The van der Waals surface area contributed by atoms with Gasteiger partial charge in [0.15, 0.2) is 0 Å². The van der Waals surface area contributed by atoms with Gasteiger partial charge in [-0.05, 0) is 83.9 Å². The molecule has 0 fully saturated rings. The van der Waals surface area contributed by atoms with Gasteiger partial charge < -0.3 is 24.4 Å². The minimum absolute atomic E-state index is 0. The van der Waals surface area contributed by atoms with Gasteiger partial charge in [0.25, 0.3) is 0 Å². The molecule has 0 spiro atoms. The van der Waals surface area contributed by atoms with E-state index in [4.69, 9.17) is 0 Å². The van der Waals surface area contributed by atoms with E-state index in [-0.39, 0.29) is 53.0 Å². The van der Waals surface area contributed by atoms with Crippen molar-refractivity contribution in [2.24, 2.45) is 4.40 Å². The summed E-state index contributed by atoms with van der Waals surface area (Å²) in [5, 5.41) is 0. The maximum Gasteiger partial charge on any atom is 2.00 e. The first-order chi connectivity index (χ1) is 16.6. The largest absolute Gasteiger partial charge is 2.00 e. The number of benzene rings is 2. The Balaban J connectivity index is -0.000000637. The molecule has 0 aliphatic rings. The summed E-state index contributed by atoms with van der Waals surface area (Å²) in [4.78, 5) is 0. The first-order valence-electron chi connectivity index (χ1n) is 11.1. The molecule has 0 bridgehead atoms. The van der Waals surface area contributed by atoms with Crippen molar-refractivity contribution in [2.75, 3.05) is 0 Å². The average molecular weight is 690 g/mol. The Morgan fingerprint density at radius 2 is 1.25 bits per heavy atom. The molecule has 224 valence electrons. The zero-order valence-electron chi connectivity index (χ0n) is 23.7. The topological polar surface area (TPSA) is 58.5 Å². The zero-order valence-corrected chi connectivity index (χ0v) is 28.3. The van der Waals surface area contributed by atoms with E-state index in [1.807, 2.05) is 0 Å². The fourth-order valence-corrected chi connectivity index (χ4v) is 3.80. The van der Waals surface area contributed by atoms with Crippen molar-refractivity contribution < 1.29 is 51.7 Å². The van der Waals surface area contributed by atoms with E-state index in [0.29, 0.717) is 5.56 Å². The molecule has 2 rings (SSSR count). The fraction of sp³-hybridized carbons (Fsp3) is 0.462. The molecule has 1 N–H and O–H groups in total. The van der Waals surface area contributed by atoms with Crippen LogP contribution in [0.25, 0.3) is 0 Å². The second-order valence-corrected chi connectivity index (χ2v) is 14.0. The third-order valence-corrected chi connectivity index (χ3v) is 7.61. The van der Waals surface area contributed by atoms with Crippen LogP contribution in [-0.2, 0) is 34.3 Å². The summed E-state index contributed by atoms with van der Waals surface area (Å²) in [6, 6.07) is 9.38. The molecule has 0 saturated heterocycles. The maximum absolute atomic E-state index is 12.6. The Labute approximate surface area is 265 Å². The number of nitrogens with zero attached hydrogens (tertiary/aromatic N) is 1. The van der Waals surface area contributed by atoms with Crippen LogP contribution >= 0.6 is 0 Å². The predicted octanol–water partition coefficient (Wildman–Crippen LogP) is 4.48. The van der Waals surface area contributed by atoms with Crippen LogP contribution in [-0.4, -0.2) is 47.2 Å². The summed E-state index contributed by atoms with van der Waals surface area (Å²) in [6.07, 6.45) is -7.54. The normalized spacial score (nSPS) is 14.4. The molecule has 14 heteroatoms. The smallest absolute Gasteiger partial charge is 1.00 e. The van der Waals surface area contributed by atoms with E-state index >= 15 is 0 Å². The Kier molecular flexibility index (Phi) is 18.9. The summed E-state index contributed by atoms with van der Waals surface area (Å²) in [6.45, 7) is 12.3. The number of hydrogen-bond acceptors (Lipinski definition) is 2. The Morgan fingerprint density at radius 1 is 0.800 bits per heavy atom. The summed E-state index contributed by atoms with van der Waals surface area (Å²) in [5.41, 5.74) is -0.692. The van der Waals surface area contributed by atoms with Crippen molar-refractivity contribution in [3.05, 3.63) is 78.2 Å². The molecule has 0 amide bonds. The van der Waals surface area contributed by atoms with E-state index in [0.717, 1.165) is 24.3 Å². The quantitative estimate of drug-likeness (QED) is 0.218. The third kappa shape index (κ3) is 15.4. The van der Waals surface area contributed by atoms with Gasteiger partial charge >= 0.3 is 35.4 Å². The van der Waals surface area contributed by atoms with Gasteiger partial charge in [-0.15, -0.1) is 0 Å². The minimum Gasteiger partial charge on any atom is -1.00 e. The monoisotopic (exact) mass is 688 g/mol. The molecule has 4 nitrogen and oxygen atoms in total. The first-order valence-corrected chi connectivity index (χ1v) is 13.4. The van der Waals surface area contributed by atoms with E-state index in [9.17, 15) is 34.8 Å². The predicted molar refractivity (Wildman–Crippen MR) is 150 cm³/mol. The molecular formula is C26H35BrF6MgN2O2S2. The first kappa shape index (κ1) is 43.6. The molecule has 40 heavy (non-hydrogen) atoms. The van der Waals surface area contributed by atoms with Crippen molar-refractivity contribution in [3.8, 4) is 0 Å². The zero-order chi connectivity index (χ0) is 28.8. The standard InChI is InChI=1S/C13H18F3NOS.C12H14F3NOS.CH3.BrH.Mg/c1-9(17-19(18)12(2,3)4)10-6-5-7-11(8-10)13(14,15)16;1-11(2,3)18(17)16-8-9-5-4-6-10(7-9)12(13,14)15;;;/h5-9,17H,1-4H3;4-8H,1-3H3;1H3;1H;/q;;-1;;+2/p-1/t9-,19+;18-;;;/m01.../s1. The number of alkyl halides is 6. The van der Waals surface area contributed by atoms with Crippen LogP contribution in [0.3, 0.4) is 0 Å². The van der Waals surface area contributed by atoms with E-state index in [1.165, 1.54) is 24.4 Å². The Bertz CT molecular complexity index is 1130. The molecule has 0 heterocycles. The number of nitrogens with one attached hydrogen (secondary N) is 1. The van der Waals surface area contributed by atoms with Crippen LogP contribution in [0.5, 0.6) is 0 Å². The van der Waals surface area contributed by atoms with Crippen molar-refractivity contribution in [2.45, 2.75) is 76.4 Å². The van der Waals surface area contributed by atoms with Gasteiger partial charge in [-0.3, -0.25) is 0 Å². The van der Waals surface area contributed by atoms with Crippen LogP contribution in [0, 0.1) is 7.43 Å². The number of halogens is 7. The number of hydrogen-bond donors (Lipinski definition) is 1. The van der Waals surface area contributed by atoms with Crippen molar-refractivity contribution >= 4 is 51.2 Å². The molecule has 0 aliphatic carbocycles. The van der Waals surface area contributed by atoms with E-state index < -0.39 is 61.0 Å². The summed E-state index contributed by atoms with van der Waals surface area (Å²) >= 11 is 0. The van der Waals surface area contributed by atoms with Crippen molar-refractivity contribution in [1.29, 1.82) is 0 Å². The summed E-state index contributed by atoms with van der Waals surface area (Å²) in [7, 11) is -2.80. The average Bonchev–Trinajstić information content (AvgIpc) is 2.75. The van der Waals surface area contributed by atoms with E-state index in [1.54, 1.807) is 54.5 Å². The number of rotatable bonds is 5. The van der Waals surface area contributed by atoms with Gasteiger partial charge in [-0.2, -0.15) is 30.7 Å². The van der Waals surface area contributed by atoms with Crippen LogP contribution in [0.2, 0.25) is 0 Å². The second kappa shape index (κ2) is 17.3. The molecule has 0 saturated carbocycles. The molecule has 2 aromatic carbocycles. The van der Waals surface area contributed by atoms with Gasteiger partial charge in [-0.1, -0.05) is 24.3 Å². The molecule has 3 atom stereocenters. The third-order valence-electron chi connectivity index (χ3n) is 4.59. The molecule has 2 aromatic rings. The minimum atomic E-state index is -4.38. The molecule has 0 unspecified atom stereocenters. The fourth-order valence-electron chi connectivity index (χ4n) is 2.45. The molecule has 0 aromatic heterocycles. The van der Waals surface area contributed by atoms with Crippen LogP contribution in [0.1, 0.15) is 76.8 Å². The van der Waals surface area contributed by atoms with Crippen molar-refractivity contribution in [3.63, 3.8) is 0 Å². The van der Waals surface area contributed by atoms with Crippen molar-refractivity contribution in [1.82, 2.24) is 4.72 Å². The molecule has 0 radical (unpaired) electrons. The van der Waals surface area contributed by atoms with Gasteiger partial charge in [0.1, 0.15) is 11.0 Å². The van der Waals surface area contributed by atoms with E-state index in [2.05, 4.69) is 9.12 Å². The second-order valence-electron chi connectivity index (χ2n) is 10.1. The van der Waals surface area contributed by atoms with Gasteiger partial charge in [0.2, 0.25) is 0 Å². The SMILES string of the molecule is CC(C)(C)[S@@](=O)N=Cc1cccc(C(F)(F)F)c1.C[C@H](N[S@](=O)C(C)(C)C)c1cccc(C(F)(F)F)c1.[Br-].[CH3-].[Mg+2]. The van der Waals surface area contributed by atoms with Gasteiger partial charge in [-0.25, -0.2) is 13.1 Å². The summed E-state index contributed by atoms with van der Waals surface area (Å²) < 4.78 is 104. The van der Waals surface area contributed by atoms with Crippen LogP contribution in [0.4, 0.5) is 26.3 Å². The Hall–Kier alpha value is -0.804. The summed E-state index contributed by atoms with van der Waals surface area (Å²) in [5.74, 6) is 0. The van der Waals surface area contributed by atoms with Crippen LogP contribution in [0.15, 0.2) is 52.9 Å². The molecule has 0 aliphatic heterocycles. The van der Waals surface area contributed by atoms with Crippen LogP contribution < -0.4 is 21.7 Å². The Morgan fingerprint density at radius 3 is 1.68 bits per heavy atom. The maximum atomic E-state index is 12.6.